The van der Waals surface area contributed by atoms with Crippen molar-refractivity contribution in [1.29, 1.82) is 0 Å². The minimum atomic E-state index is -0.0211. The van der Waals surface area contributed by atoms with Crippen molar-refractivity contribution < 1.29 is 9.53 Å². The van der Waals surface area contributed by atoms with Crippen molar-refractivity contribution in [2.45, 2.75) is 101 Å². The Balaban J connectivity index is 0.943. The molecule has 3 aliphatic heterocycles. The highest BCUT2D eigenvalue weighted by Gasteiger charge is 2.37. The Morgan fingerprint density at radius 3 is 2.18 bits per heavy atom. The van der Waals surface area contributed by atoms with Crippen molar-refractivity contribution in [2.75, 3.05) is 18.4 Å². The van der Waals surface area contributed by atoms with E-state index >= 15 is 0 Å². The fraction of sp³-hybridized carbons (Fsp3) is 0.606. The van der Waals surface area contributed by atoms with Gasteiger partial charge in [-0.15, -0.1) is 0 Å². The Labute approximate surface area is 239 Å². The summed E-state index contributed by atoms with van der Waals surface area (Å²) in [5.74, 6) is 3.27. The zero-order chi connectivity index (χ0) is 26.6. The summed E-state index contributed by atoms with van der Waals surface area (Å²) in [6, 6.07) is 17.2. The third kappa shape index (κ3) is 7.10. The molecule has 2 N–H and O–H groups in total. The molecule has 4 fully saturated rings. The molecule has 0 spiro atoms. The number of piperidine rings is 3. The molecule has 210 valence electrons. The van der Waals surface area contributed by atoms with Gasteiger partial charge < -0.3 is 20.3 Å². The lowest BCUT2D eigenvalue weighted by atomic mass is 9.73. The second-order valence-electron chi connectivity index (χ2n) is 12.6. The van der Waals surface area contributed by atoms with E-state index in [1.54, 1.807) is 0 Å². The maximum absolute atomic E-state index is 12.9. The Hall–Kier alpha value is -2.24. The van der Waals surface area contributed by atoms with Crippen LogP contribution in [-0.4, -0.2) is 42.2 Å². The molecule has 0 aromatic heterocycles. The van der Waals surface area contributed by atoms with Crippen LogP contribution in [0.2, 0.25) is 5.02 Å². The number of hydrogen-bond donors (Lipinski definition) is 2. The van der Waals surface area contributed by atoms with E-state index in [1.165, 1.54) is 56.9 Å². The number of carbonyl (C=O) groups is 1. The summed E-state index contributed by atoms with van der Waals surface area (Å²) in [6.07, 6.45) is 15.8. The van der Waals surface area contributed by atoms with E-state index in [0.29, 0.717) is 18.0 Å². The van der Waals surface area contributed by atoms with Gasteiger partial charge in [0.05, 0.1) is 0 Å². The molecule has 5 nitrogen and oxygen atoms in total. The SMILES string of the molecule is O=C(Nc1ccc(OC2C[C@H]3CC(CC4CCCCC4)C[C@@H](C2)N3)cc1)N1CCC(c2ccc(Cl)cc2)CC1. The first kappa shape index (κ1) is 27.0. The van der Waals surface area contributed by atoms with Crippen molar-refractivity contribution in [3.63, 3.8) is 0 Å². The molecule has 2 unspecified atom stereocenters. The molecule has 1 aliphatic carbocycles. The van der Waals surface area contributed by atoms with Gasteiger partial charge in [-0.2, -0.15) is 0 Å². The zero-order valence-electron chi connectivity index (χ0n) is 23.1. The third-order valence-electron chi connectivity index (χ3n) is 9.73. The highest BCUT2D eigenvalue weighted by molar-refractivity contribution is 6.30. The van der Waals surface area contributed by atoms with E-state index in [-0.39, 0.29) is 12.1 Å². The van der Waals surface area contributed by atoms with Gasteiger partial charge in [-0.05, 0) is 105 Å². The Bertz CT molecular complexity index is 1060. The van der Waals surface area contributed by atoms with Crippen LogP contribution in [0.15, 0.2) is 48.5 Å². The summed E-state index contributed by atoms with van der Waals surface area (Å²) >= 11 is 6.03. The number of anilines is 1. The molecule has 2 amide bonds. The van der Waals surface area contributed by atoms with Crippen LogP contribution in [-0.2, 0) is 0 Å². The van der Waals surface area contributed by atoms with E-state index in [4.69, 9.17) is 16.3 Å². The summed E-state index contributed by atoms with van der Waals surface area (Å²) < 4.78 is 6.44. The van der Waals surface area contributed by atoms with Crippen LogP contribution in [0.25, 0.3) is 0 Å². The van der Waals surface area contributed by atoms with Gasteiger partial charge in [0.15, 0.2) is 0 Å². The molecule has 3 heterocycles. The number of amides is 2. The number of halogens is 1. The predicted molar refractivity (Wildman–Crippen MR) is 159 cm³/mol. The normalized spacial score (nSPS) is 28.2. The number of rotatable bonds is 6. The lowest BCUT2D eigenvalue weighted by Crippen LogP contribution is -2.54. The number of fused-ring (bicyclic) bond motifs is 2. The second-order valence-corrected chi connectivity index (χ2v) is 13.1. The van der Waals surface area contributed by atoms with Gasteiger partial charge in [-0.3, -0.25) is 0 Å². The molecule has 2 bridgehead atoms. The Morgan fingerprint density at radius 1 is 0.846 bits per heavy atom. The molecule has 2 aromatic rings. The van der Waals surface area contributed by atoms with Gasteiger partial charge in [0.2, 0.25) is 0 Å². The molecule has 1 saturated carbocycles. The molecule has 3 saturated heterocycles. The fourth-order valence-corrected chi connectivity index (χ4v) is 7.90. The summed E-state index contributed by atoms with van der Waals surface area (Å²) in [4.78, 5) is 14.8. The fourth-order valence-electron chi connectivity index (χ4n) is 7.78. The standard InChI is InChI=1S/C33H44ClN3O2/c34-27-8-6-25(7-9-27)26-14-16-37(17-15-26)33(38)36-28-10-12-31(13-11-28)39-32-21-29-19-24(20-30(22-32)35-29)18-23-4-2-1-3-5-23/h6-13,23-24,26,29-30,32,35H,1-5,14-22H2,(H,36,38)/t24?,29-,30+,32?. The number of ether oxygens (including phenoxy) is 1. The average Bonchev–Trinajstić information content (AvgIpc) is 2.95. The Morgan fingerprint density at radius 2 is 1.51 bits per heavy atom. The smallest absolute Gasteiger partial charge is 0.321 e. The number of hydrogen-bond acceptors (Lipinski definition) is 3. The van der Waals surface area contributed by atoms with Crippen molar-refractivity contribution in [1.82, 2.24) is 10.2 Å². The van der Waals surface area contributed by atoms with Gasteiger partial charge in [-0.1, -0.05) is 55.8 Å². The number of likely N-dealkylation sites (tertiary alicyclic amines) is 1. The van der Waals surface area contributed by atoms with Crippen LogP contribution in [0, 0.1) is 11.8 Å². The molecule has 4 atom stereocenters. The minimum Gasteiger partial charge on any atom is -0.490 e. The quantitative estimate of drug-likeness (QED) is 0.384. The highest BCUT2D eigenvalue weighted by atomic mass is 35.5. The Kier molecular flexibility index (Phi) is 8.65. The first-order chi connectivity index (χ1) is 19.1. The summed E-state index contributed by atoms with van der Waals surface area (Å²) in [5.41, 5.74) is 2.13. The van der Waals surface area contributed by atoms with Crippen molar-refractivity contribution in [2.24, 2.45) is 11.8 Å². The van der Waals surface area contributed by atoms with Gasteiger partial charge in [-0.25, -0.2) is 4.79 Å². The molecule has 6 heteroatoms. The highest BCUT2D eigenvalue weighted by Crippen LogP contribution is 2.38. The van der Waals surface area contributed by atoms with Crippen LogP contribution >= 0.6 is 11.6 Å². The molecule has 6 rings (SSSR count). The molecule has 2 aromatic carbocycles. The van der Waals surface area contributed by atoms with E-state index in [9.17, 15) is 4.79 Å². The molecule has 4 aliphatic rings. The van der Waals surface area contributed by atoms with Crippen molar-refractivity contribution in [3.05, 3.63) is 59.1 Å². The number of benzene rings is 2. The summed E-state index contributed by atoms with van der Waals surface area (Å²) in [6.45, 7) is 1.53. The lowest BCUT2D eigenvalue weighted by Gasteiger charge is -2.44. The lowest BCUT2D eigenvalue weighted by molar-refractivity contribution is 0.0666. The number of urea groups is 1. The molecule has 0 radical (unpaired) electrons. The van der Waals surface area contributed by atoms with E-state index in [2.05, 4.69) is 22.8 Å². The largest absolute Gasteiger partial charge is 0.490 e. The first-order valence-electron chi connectivity index (χ1n) is 15.4. The van der Waals surface area contributed by atoms with Crippen LogP contribution in [0.5, 0.6) is 5.75 Å². The van der Waals surface area contributed by atoms with Crippen LogP contribution in [0.4, 0.5) is 10.5 Å². The summed E-state index contributed by atoms with van der Waals surface area (Å²) in [5, 5.41) is 7.72. The van der Waals surface area contributed by atoms with Gasteiger partial charge in [0, 0.05) is 35.9 Å². The third-order valence-corrected chi connectivity index (χ3v) is 9.98. The topological polar surface area (TPSA) is 53.6 Å². The maximum atomic E-state index is 12.9. The summed E-state index contributed by atoms with van der Waals surface area (Å²) in [7, 11) is 0. The predicted octanol–water partition coefficient (Wildman–Crippen LogP) is 8.00. The number of nitrogens with one attached hydrogen (secondary N) is 2. The number of carbonyl (C=O) groups excluding carboxylic acids is 1. The van der Waals surface area contributed by atoms with Crippen LogP contribution < -0.4 is 15.4 Å². The van der Waals surface area contributed by atoms with E-state index in [0.717, 1.165) is 67.1 Å². The maximum Gasteiger partial charge on any atom is 0.321 e. The van der Waals surface area contributed by atoms with E-state index in [1.807, 2.05) is 41.3 Å². The first-order valence-corrected chi connectivity index (χ1v) is 15.8. The van der Waals surface area contributed by atoms with Crippen LogP contribution in [0.1, 0.15) is 88.5 Å². The molecule has 39 heavy (non-hydrogen) atoms. The molecular formula is C33H44ClN3O2. The minimum absolute atomic E-state index is 0.0211. The average molecular weight is 550 g/mol. The van der Waals surface area contributed by atoms with E-state index < -0.39 is 0 Å². The molecular weight excluding hydrogens is 506 g/mol. The van der Waals surface area contributed by atoms with Crippen molar-refractivity contribution in [3.8, 4) is 5.75 Å². The van der Waals surface area contributed by atoms with Gasteiger partial charge >= 0.3 is 6.03 Å². The second kappa shape index (κ2) is 12.5. The monoisotopic (exact) mass is 549 g/mol. The van der Waals surface area contributed by atoms with Crippen LogP contribution in [0.3, 0.4) is 0 Å². The number of nitrogens with zero attached hydrogens (tertiary/aromatic N) is 1. The zero-order valence-corrected chi connectivity index (χ0v) is 23.9. The van der Waals surface area contributed by atoms with Crippen molar-refractivity contribution >= 4 is 23.3 Å². The van der Waals surface area contributed by atoms with Gasteiger partial charge in [0.25, 0.3) is 0 Å². The van der Waals surface area contributed by atoms with Gasteiger partial charge in [0.1, 0.15) is 11.9 Å².